The molecule has 5 rings (SSSR count). The molecule has 3 heterocycles. The van der Waals surface area contributed by atoms with E-state index < -0.39 is 10.0 Å². The molecule has 1 N–H and O–H groups in total. The van der Waals surface area contributed by atoms with E-state index in [1.165, 1.54) is 15.6 Å². The van der Waals surface area contributed by atoms with Crippen LogP contribution in [0.25, 0.3) is 12.2 Å². The lowest BCUT2D eigenvalue weighted by atomic mass is 10.0. The number of benzene rings is 1. The van der Waals surface area contributed by atoms with Gasteiger partial charge < -0.3 is 9.84 Å². The molecule has 2 aromatic heterocycles. The number of carbonyl (C=O) groups is 1. The highest BCUT2D eigenvalue weighted by molar-refractivity contribution is 7.94. The molecule has 166 valence electrons. The molecule has 0 atom stereocenters. The average Bonchev–Trinajstić information content (AvgIpc) is 3.44. The van der Waals surface area contributed by atoms with Gasteiger partial charge in [-0.25, -0.2) is 8.42 Å². The maximum atomic E-state index is 13.3. The minimum absolute atomic E-state index is 0.0164. The van der Waals surface area contributed by atoms with E-state index >= 15 is 0 Å². The third-order valence-corrected chi connectivity index (χ3v) is 9.03. The fraction of sp³-hybridized carbons (Fsp3) is 0.304. The average molecular weight is 470 g/mol. The lowest BCUT2D eigenvalue weighted by Gasteiger charge is -2.29. The highest BCUT2D eigenvalue weighted by atomic mass is 32.2. The molecule has 1 amide bonds. The number of aromatic nitrogens is 1. The first-order chi connectivity index (χ1) is 15.4. The van der Waals surface area contributed by atoms with Crippen molar-refractivity contribution in [3.8, 4) is 0 Å². The zero-order valence-electron chi connectivity index (χ0n) is 17.6. The topological polar surface area (TPSA) is 92.5 Å². The van der Waals surface area contributed by atoms with Crippen LogP contribution in [0.15, 0.2) is 45.1 Å². The van der Waals surface area contributed by atoms with Crippen LogP contribution in [0.4, 0.5) is 11.4 Å². The smallest absolute Gasteiger partial charge is 0.273 e. The number of hydrogen-bond acceptors (Lipinski definition) is 6. The number of amides is 1. The van der Waals surface area contributed by atoms with Gasteiger partial charge in [0.05, 0.1) is 5.69 Å². The van der Waals surface area contributed by atoms with Crippen LogP contribution in [-0.4, -0.2) is 26.0 Å². The van der Waals surface area contributed by atoms with Crippen molar-refractivity contribution >= 4 is 50.8 Å². The third kappa shape index (κ3) is 3.98. The number of thiophene rings is 1. The first kappa shape index (κ1) is 21.0. The number of nitrogens with zero attached hydrogens (tertiary/aromatic N) is 2. The van der Waals surface area contributed by atoms with Gasteiger partial charge in [-0.2, -0.15) is 0 Å². The van der Waals surface area contributed by atoms with Crippen LogP contribution in [0.2, 0.25) is 0 Å². The zero-order chi connectivity index (χ0) is 22.3. The molecule has 0 unspecified atom stereocenters. The highest BCUT2D eigenvalue weighted by Crippen LogP contribution is 2.35. The Hall–Kier alpha value is -2.91. The fourth-order valence-corrected chi connectivity index (χ4v) is 6.69. The van der Waals surface area contributed by atoms with Gasteiger partial charge in [0.15, 0.2) is 5.76 Å². The molecule has 0 saturated heterocycles. The number of para-hydroxylation sites is 1. The van der Waals surface area contributed by atoms with Gasteiger partial charge in [-0.05, 0) is 68.5 Å². The molecule has 3 aromatic rings. The number of anilines is 2. The van der Waals surface area contributed by atoms with Crippen LogP contribution in [0.3, 0.4) is 0 Å². The molecular formula is C23H23N3O4S2. The van der Waals surface area contributed by atoms with Gasteiger partial charge in [-0.15, -0.1) is 11.3 Å². The van der Waals surface area contributed by atoms with Gasteiger partial charge in [0.25, 0.3) is 10.0 Å². The Morgan fingerprint density at radius 3 is 2.84 bits per heavy atom. The Labute approximate surface area is 190 Å². The van der Waals surface area contributed by atoms with Crippen molar-refractivity contribution in [2.75, 3.05) is 16.2 Å². The van der Waals surface area contributed by atoms with E-state index in [-0.39, 0.29) is 11.8 Å². The van der Waals surface area contributed by atoms with Gasteiger partial charge >= 0.3 is 0 Å². The summed E-state index contributed by atoms with van der Waals surface area (Å²) in [5.74, 6) is 0.502. The number of aryl methyl sites for hydroxylation is 2. The lowest BCUT2D eigenvalue weighted by molar-refractivity contribution is -0.117. The van der Waals surface area contributed by atoms with Crippen molar-refractivity contribution in [1.29, 1.82) is 0 Å². The molecule has 1 aromatic carbocycles. The van der Waals surface area contributed by atoms with Gasteiger partial charge in [-0.3, -0.25) is 9.10 Å². The molecule has 32 heavy (non-hydrogen) atoms. The molecule has 2 aliphatic rings. The summed E-state index contributed by atoms with van der Waals surface area (Å²) in [6.45, 7) is 2.25. The van der Waals surface area contributed by atoms with Crippen molar-refractivity contribution in [2.45, 2.75) is 36.8 Å². The van der Waals surface area contributed by atoms with Crippen molar-refractivity contribution in [3.63, 3.8) is 0 Å². The number of sulfonamides is 1. The molecule has 1 aliphatic carbocycles. The van der Waals surface area contributed by atoms with E-state index in [9.17, 15) is 13.2 Å². The summed E-state index contributed by atoms with van der Waals surface area (Å²) in [5, 5.41) is 6.84. The second-order valence-corrected chi connectivity index (χ2v) is 11.3. The number of rotatable bonds is 6. The van der Waals surface area contributed by atoms with Gasteiger partial charge in [0.1, 0.15) is 15.6 Å². The van der Waals surface area contributed by atoms with Crippen LogP contribution in [0.5, 0.6) is 0 Å². The van der Waals surface area contributed by atoms with E-state index in [1.807, 2.05) is 24.3 Å². The van der Waals surface area contributed by atoms with Crippen molar-refractivity contribution in [2.24, 2.45) is 5.92 Å². The predicted molar refractivity (Wildman–Crippen MR) is 125 cm³/mol. The van der Waals surface area contributed by atoms with Gasteiger partial charge in [0, 0.05) is 17.3 Å². The molecule has 1 saturated carbocycles. The lowest BCUT2D eigenvalue weighted by Crippen LogP contribution is -2.35. The Morgan fingerprint density at radius 1 is 1.22 bits per heavy atom. The fourth-order valence-electron chi connectivity index (χ4n) is 3.80. The van der Waals surface area contributed by atoms with Crippen LogP contribution in [0, 0.1) is 12.8 Å². The van der Waals surface area contributed by atoms with E-state index in [1.54, 1.807) is 31.2 Å². The largest absolute Gasteiger partial charge is 0.354 e. The summed E-state index contributed by atoms with van der Waals surface area (Å²) < 4.78 is 33.8. The van der Waals surface area contributed by atoms with Gasteiger partial charge in [-0.1, -0.05) is 23.4 Å². The van der Waals surface area contributed by atoms with Crippen molar-refractivity contribution in [1.82, 2.24) is 5.16 Å². The van der Waals surface area contributed by atoms with Crippen LogP contribution < -0.4 is 9.62 Å². The highest BCUT2D eigenvalue weighted by Gasteiger charge is 2.31. The normalized spacial score (nSPS) is 16.3. The summed E-state index contributed by atoms with van der Waals surface area (Å²) >= 11 is 1.20. The Bertz CT molecular complexity index is 1300. The summed E-state index contributed by atoms with van der Waals surface area (Å²) in [7, 11) is -3.63. The number of hydrogen-bond donors (Lipinski definition) is 1. The third-order valence-electron chi connectivity index (χ3n) is 5.70. The minimum atomic E-state index is -3.63. The SMILES string of the molecule is Cc1noc(/C=C/c2ccc(S(=O)(=O)N3CCCc4ccccc43)s2)c1NC(=O)C1CC1. The molecular weight excluding hydrogens is 446 g/mol. The summed E-state index contributed by atoms with van der Waals surface area (Å²) in [4.78, 5) is 12.9. The monoisotopic (exact) mass is 469 g/mol. The number of carbonyl (C=O) groups excluding carboxylic acids is 1. The van der Waals surface area contributed by atoms with Crippen LogP contribution in [0.1, 0.15) is 41.2 Å². The quantitative estimate of drug-likeness (QED) is 0.565. The molecule has 0 radical (unpaired) electrons. The number of fused-ring (bicyclic) bond motifs is 1. The first-order valence-electron chi connectivity index (χ1n) is 10.6. The Morgan fingerprint density at radius 2 is 2.03 bits per heavy atom. The minimum Gasteiger partial charge on any atom is -0.354 e. The molecule has 1 aliphatic heterocycles. The first-order valence-corrected chi connectivity index (χ1v) is 12.8. The van der Waals surface area contributed by atoms with Gasteiger partial charge in [0.2, 0.25) is 5.91 Å². The zero-order valence-corrected chi connectivity index (χ0v) is 19.2. The molecule has 7 nitrogen and oxygen atoms in total. The maximum Gasteiger partial charge on any atom is 0.273 e. The maximum absolute atomic E-state index is 13.3. The number of nitrogens with one attached hydrogen (secondary N) is 1. The second kappa shape index (κ2) is 8.22. The molecule has 1 fully saturated rings. The molecule has 0 bridgehead atoms. The summed E-state index contributed by atoms with van der Waals surface area (Å²) in [6, 6.07) is 11.1. The van der Waals surface area contributed by atoms with Crippen LogP contribution in [-0.2, 0) is 21.2 Å². The Kier molecular flexibility index (Phi) is 5.38. The standard InChI is InChI=1S/C23H23N3O4S2/c1-15-22(24-23(27)17-8-9-17)20(30-25-15)12-10-18-11-13-21(31-18)32(28,29)26-14-4-6-16-5-2-3-7-19(16)26/h2-3,5,7,10-13,17H,4,6,8-9,14H2,1H3,(H,24,27)/b12-10+. The molecule has 9 heteroatoms. The second-order valence-electron chi connectivity index (χ2n) is 8.07. The van der Waals surface area contributed by atoms with Crippen molar-refractivity contribution in [3.05, 3.63) is 58.3 Å². The van der Waals surface area contributed by atoms with E-state index in [4.69, 9.17) is 4.52 Å². The van der Waals surface area contributed by atoms with E-state index in [0.29, 0.717) is 27.9 Å². The molecule has 0 spiro atoms. The Balaban J connectivity index is 1.37. The predicted octanol–water partition coefficient (Wildman–Crippen LogP) is 4.70. The van der Waals surface area contributed by atoms with Crippen LogP contribution >= 0.6 is 11.3 Å². The van der Waals surface area contributed by atoms with Crippen molar-refractivity contribution < 1.29 is 17.7 Å². The summed E-state index contributed by atoms with van der Waals surface area (Å²) in [6.07, 6.45) is 7.00. The van der Waals surface area contributed by atoms with E-state index in [0.717, 1.165) is 41.8 Å². The van der Waals surface area contributed by atoms with E-state index in [2.05, 4.69) is 10.5 Å². The summed E-state index contributed by atoms with van der Waals surface area (Å²) in [5.41, 5.74) is 2.99.